The largest absolute Gasteiger partial charge is 0.380 e. The van der Waals surface area contributed by atoms with Crippen LogP contribution in [0.2, 0.25) is 5.02 Å². The van der Waals surface area contributed by atoms with Crippen LogP contribution >= 0.6 is 11.6 Å². The predicted octanol–water partition coefficient (Wildman–Crippen LogP) is 4.52. The summed E-state index contributed by atoms with van der Waals surface area (Å²) < 4.78 is 4.30. The molecule has 0 radical (unpaired) electrons. The number of fused-ring (bicyclic) bond motifs is 3. The van der Waals surface area contributed by atoms with E-state index in [4.69, 9.17) is 11.6 Å². The van der Waals surface area contributed by atoms with Gasteiger partial charge in [0, 0.05) is 41.3 Å². The first-order valence-electron chi connectivity index (χ1n) is 8.23. The average Bonchev–Trinajstić information content (AvgIpc) is 3.08. The van der Waals surface area contributed by atoms with Crippen LogP contribution in [-0.4, -0.2) is 14.3 Å². The van der Waals surface area contributed by atoms with Crippen LogP contribution in [0, 0.1) is 0 Å². The second kappa shape index (κ2) is 5.15. The van der Waals surface area contributed by atoms with Gasteiger partial charge in [0.1, 0.15) is 0 Å². The van der Waals surface area contributed by atoms with E-state index >= 15 is 0 Å². The number of aromatic nitrogens is 3. The molecule has 0 saturated carbocycles. The molecule has 1 N–H and O–H groups in total. The zero-order chi connectivity index (χ0) is 17.1. The number of hydrogen-bond donors (Lipinski definition) is 1. The van der Waals surface area contributed by atoms with Crippen molar-refractivity contribution >= 4 is 28.6 Å². The highest BCUT2D eigenvalue weighted by atomic mass is 35.5. The van der Waals surface area contributed by atoms with Crippen molar-refractivity contribution in [2.75, 3.05) is 0 Å². The first kappa shape index (κ1) is 15.3. The molecule has 0 spiro atoms. The number of hydrogen-bond acceptors (Lipinski definition) is 2. The fourth-order valence-electron chi connectivity index (χ4n) is 3.87. The van der Waals surface area contributed by atoms with Crippen molar-refractivity contribution in [2.24, 2.45) is 7.05 Å². The van der Waals surface area contributed by atoms with Crippen LogP contribution in [0.3, 0.4) is 0 Å². The zero-order valence-electron chi connectivity index (χ0n) is 14.4. The van der Waals surface area contributed by atoms with E-state index in [2.05, 4.69) is 47.9 Å². The van der Waals surface area contributed by atoms with Gasteiger partial charge in [0.05, 0.1) is 22.4 Å². The van der Waals surface area contributed by atoms with E-state index in [1.807, 2.05) is 36.3 Å². The fourth-order valence-corrected chi connectivity index (χ4v) is 4.09. The summed E-state index contributed by atoms with van der Waals surface area (Å²) in [6.45, 7) is 7.52. The Hall–Kier alpha value is -2.20. The topological polar surface area (TPSA) is 34.8 Å². The Morgan fingerprint density at radius 2 is 2.08 bits per heavy atom. The van der Waals surface area contributed by atoms with Gasteiger partial charge >= 0.3 is 0 Å². The van der Waals surface area contributed by atoms with Crippen LogP contribution in [-0.2, 0) is 19.1 Å². The van der Waals surface area contributed by atoms with Crippen LogP contribution in [0.5, 0.6) is 0 Å². The monoisotopic (exact) mass is 340 g/mol. The average molecular weight is 341 g/mol. The van der Waals surface area contributed by atoms with Crippen LogP contribution < -0.4 is 5.32 Å². The maximum atomic E-state index is 6.48. The summed E-state index contributed by atoms with van der Waals surface area (Å²) in [6.07, 6.45) is 6.01. The van der Waals surface area contributed by atoms with Crippen molar-refractivity contribution in [3.8, 4) is 11.3 Å². The van der Waals surface area contributed by atoms with Gasteiger partial charge in [-0.15, -0.1) is 0 Å². The Morgan fingerprint density at radius 1 is 1.29 bits per heavy atom. The number of nitrogens with zero attached hydrogens (tertiary/aromatic N) is 3. The van der Waals surface area contributed by atoms with Gasteiger partial charge in [0.15, 0.2) is 0 Å². The minimum absolute atomic E-state index is 0.130. The first-order chi connectivity index (χ1) is 11.4. The standard InChI is InChI=1S/C19H21ClN4/c1-5-24-17-14(13-6-8-21-19(2,3)18(13)24)10-12(20)11-15(17)16-7-9-22-23(16)4/h6-11,21H,5H2,1-4H3. The van der Waals surface area contributed by atoms with E-state index < -0.39 is 0 Å². The van der Waals surface area contributed by atoms with E-state index in [0.717, 1.165) is 22.8 Å². The van der Waals surface area contributed by atoms with Crippen molar-refractivity contribution in [1.82, 2.24) is 19.7 Å². The van der Waals surface area contributed by atoms with Crippen LogP contribution in [0.25, 0.3) is 28.2 Å². The highest BCUT2D eigenvalue weighted by molar-refractivity contribution is 6.32. The van der Waals surface area contributed by atoms with Crippen LogP contribution in [0.4, 0.5) is 0 Å². The molecular formula is C19H21ClN4. The molecule has 0 amide bonds. The Labute approximate surface area is 146 Å². The zero-order valence-corrected chi connectivity index (χ0v) is 15.1. The Morgan fingerprint density at radius 3 is 2.75 bits per heavy atom. The van der Waals surface area contributed by atoms with Crippen molar-refractivity contribution < 1.29 is 0 Å². The van der Waals surface area contributed by atoms with Gasteiger partial charge in [0.25, 0.3) is 0 Å². The van der Waals surface area contributed by atoms with E-state index in [0.29, 0.717) is 0 Å². The molecule has 1 aliphatic heterocycles. The van der Waals surface area contributed by atoms with Crippen molar-refractivity contribution in [2.45, 2.75) is 32.9 Å². The highest BCUT2D eigenvalue weighted by Crippen LogP contribution is 2.41. The lowest BCUT2D eigenvalue weighted by Crippen LogP contribution is -2.37. The smallest absolute Gasteiger partial charge is 0.0720 e. The van der Waals surface area contributed by atoms with E-state index in [-0.39, 0.29) is 5.54 Å². The third-order valence-corrected chi connectivity index (χ3v) is 5.08. The lowest BCUT2D eigenvalue weighted by Gasteiger charge is -2.31. The summed E-state index contributed by atoms with van der Waals surface area (Å²) in [6, 6.07) is 6.16. The predicted molar refractivity (Wildman–Crippen MR) is 100 cm³/mol. The van der Waals surface area contributed by atoms with E-state index in [1.165, 1.54) is 22.2 Å². The molecule has 4 rings (SSSR count). The number of benzene rings is 1. The molecule has 0 fully saturated rings. The normalized spacial score (nSPS) is 15.5. The lowest BCUT2D eigenvalue weighted by atomic mass is 9.93. The Kier molecular flexibility index (Phi) is 3.29. The summed E-state index contributed by atoms with van der Waals surface area (Å²) in [4.78, 5) is 0. The third kappa shape index (κ3) is 2.02. The van der Waals surface area contributed by atoms with Gasteiger partial charge in [-0.2, -0.15) is 5.10 Å². The molecule has 124 valence electrons. The molecule has 0 unspecified atom stereocenters. The molecular weight excluding hydrogens is 320 g/mol. The molecule has 2 aromatic heterocycles. The fraction of sp³-hybridized carbons (Fsp3) is 0.316. The second-order valence-corrected chi connectivity index (χ2v) is 7.24. The number of nitrogens with one attached hydrogen (secondary N) is 1. The molecule has 3 heterocycles. The number of aryl methyl sites for hydroxylation is 2. The number of rotatable bonds is 2. The summed E-state index contributed by atoms with van der Waals surface area (Å²) in [5, 5.41) is 9.76. The molecule has 0 aliphatic carbocycles. The summed E-state index contributed by atoms with van der Waals surface area (Å²) >= 11 is 6.48. The number of halogens is 1. The molecule has 0 bridgehead atoms. The summed E-state index contributed by atoms with van der Waals surface area (Å²) in [5.74, 6) is 0. The molecule has 24 heavy (non-hydrogen) atoms. The SMILES string of the molecule is CCn1c2c(c3cc(Cl)cc(-c4ccnn4C)c31)C=CNC2(C)C. The third-order valence-electron chi connectivity index (χ3n) is 4.86. The van der Waals surface area contributed by atoms with Gasteiger partial charge < -0.3 is 9.88 Å². The quantitative estimate of drug-likeness (QED) is 0.744. The lowest BCUT2D eigenvalue weighted by molar-refractivity contribution is 0.427. The van der Waals surface area contributed by atoms with Gasteiger partial charge in [-0.25, -0.2) is 0 Å². The van der Waals surface area contributed by atoms with Crippen LogP contribution in [0.1, 0.15) is 32.0 Å². The molecule has 1 aromatic carbocycles. The molecule has 1 aliphatic rings. The van der Waals surface area contributed by atoms with Crippen molar-refractivity contribution in [3.05, 3.63) is 46.9 Å². The first-order valence-corrected chi connectivity index (χ1v) is 8.60. The molecule has 4 nitrogen and oxygen atoms in total. The Balaban J connectivity index is 2.19. The molecule has 0 saturated heterocycles. The minimum Gasteiger partial charge on any atom is -0.380 e. The second-order valence-electron chi connectivity index (χ2n) is 6.80. The minimum atomic E-state index is -0.130. The molecule has 5 heteroatoms. The van der Waals surface area contributed by atoms with Crippen molar-refractivity contribution in [1.29, 1.82) is 0 Å². The molecule has 3 aromatic rings. The van der Waals surface area contributed by atoms with Crippen LogP contribution in [0.15, 0.2) is 30.6 Å². The van der Waals surface area contributed by atoms with Gasteiger partial charge in [-0.05, 0) is 51.2 Å². The maximum Gasteiger partial charge on any atom is 0.0720 e. The molecule has 0 atom stereocenters. The maximum absolute atomic E-state index is 6.48. The highest BCUT2D eigenvalue weighted by Gasteiger charge is 2.31. The van der Waals surface area contributed by atoms with Gasteiger partial charge in [-0.3, -0.25) is 4.68 Å². The Bertz CT molecular complexity index is 975. The van der Waals surface area contributed by atoms with Crippen molar-refractivity contribution in [3.63, 3.8) is 0 Å². The summed E-state index contributed by atoms with van der Waals surface area (Å²) in [7, 11) is 1.96. The van der Waals surface area contributed by atoms with Gasteiger partial charge in [0.2, 0.25) is 0 Å². The van der Waals surface area contributed by atoms with Gasteiger partial charge in [-0.1, -0.05) is 11.6 Å². The van der Waals surface area contributed by atoms with E-state index in [9.17, 15) is 0 Å². The van der Waals surface area contributed by atoms with E-state index in [1.54, 1.807) is 0 Å². The summed E-state index contributed by atoms with van der Waals surface area (Å²) in [5.41, 5.74) is 5.83.